The van der Waals surface area contributed by atoms with E-state index < -0.39 is 0 Å². The van der Waals surface area contributed by atoms with E-state index in [4.69, 9.17) is 10.6 Å². The van der Waals surface area contributed by atoms with Crippen molar-refractivity contribution in [3.05, 3.63) is 35.4 Å². The van der Waals surface area contributed by atoms with Crippen LogP contribution in [0.25, 0.3) is 0 Å². The number of nitrogens with one attached hydrogen (secondary N) is 1. The second-order valence-corrected chi connectivity index (χ2v) is 5.66. The molecule has 3 heteroatoms. The van der Waals surface area contributed by atoms with Crippen LogP contribution in [0.2, 0.25) is 0 Å². The van der Waals surface area contributed by atoms with Crippen molar-refractivity contribution >= 4 is 0 Å². The standard InChI is InChI=1S/C16H26N2O/c1-3-6-13-7-4-8-14(11-13)15(18-17)12-16(19-2)9-5-10-16/h4,7-8,11,15,18H,3,5-6,9-10,12,17H2,1-2H3. The van der Waals surface area contributed by atoms with Crippen molar-refractivity contribution in [1.29, 1.82) is 0 Å². The maximum atomic E-state index is 5.76. The molecular formula is C16H26N2O. The zero-order chi connectivity index (χ0) is 13.7. The molecule has 1 aliphatic carbocycles. The van der Waals surface area contributed by atoms with Gasteiger partial charge >= 0.3 is 0 Å². The number of ether oxygens (including phenoxy) is 1. The van der Waals surface area contributed by atoms with Crippen molar-refractivity contribution in [3.63, 3.8) is 0 Å². The van der Waals surface area contributed by atoms with Gasteiger partial charge in [-0.1, -0.05) is 37.6 Å². The summed E-state index contributed by atoms with van der Waals surface area (Å²) < 4.78 is 5.71. The van der Waals surface area contributed by atoms with Crippen molar-refractivity contribution < 1.29 is 4.74 Å². The molecule has 3 N–H and O–H groups in total. The largest absolute Gasteiger partial charge is 0.378 e. The van der Waals surface area contributed by atoms with Gasteiger partial charge < -0.3 is 4.74 Å². The van der Waals surface area contributed by atoms with Gasteiger partial charge in [-0.2, -0.15) is 0 Å². The van der Waals surface area contributed by atoms with Gasteiger partial charge in [-0.15, -0.1) is 0 Å². The van der Waals surface area contributed by atoms with E-state index in [1.165, 1.54) is 24.0 Å². The van der Waals surface area contributed by atoms with Crippen molar-refractivity contribution in [2.45, 2.75) is 57.1 Å². The fourth-order valence-electron chi connectivity index (χ4n) is 2.96. The van der Waals surface area contributed by atoms with Crippen LogP contribution < -0.4 is 11.3 Å². The van der Waals surface area contributed by atoms with Crippen molar-refractivity contribution in [2.75, 3.05) is 7.11 Å². The molecule has 0 heterocycles. The van der Waals surface area contributed by atoms with Gasteiger partial charge in [-0.3, -0.25) is 11.3 Å². The maximum Gasteiger partial charge on any atom is 0.0697 e. The van der Waals surface area contributed by atoms with Gasteiger partial charge in [0.2, 0.25) is 0 Å². The Labute approximate surface area is 116 Å². The second-order valence-electron chi connectivity index (χ2n) is 5.66. The van der Waals surface area contributed by atoms with E-state index in [2.05, 4.69) is 36.6 Å². The molecule has 106 valence electrons. The van der Waals surface area contributed by atoms with E-state index in [1.807, 2.05) is 7.11 Å². The Balaban J connectivity index is 2.10. The van der Waals surface area contributed by atoms with Crippen LogP contribution in [-0.2, 0) is 11.2 Å². The maximum absolute atomic E-state index is 5.76. The summed E-state index contributed by atoms with van der Waals surface area (Å²) in [5, 5.41) is 0. The van der Waals surface area contributed by atoms with Crippen LogP contribution >= 0.6 is 0 Å². The molecule has 1 fully saturated rings. The average molecular weight is 262 g/mol. The monoisotopic (exact) mass is 262 g/mol. The van der Waals surface area contributed by atoms with Gasteiger partial charge in [0.15, 0.2) is 0 Å². The van der Waals surface area contributed by atoms with E-state index >= 15 is 0 Å². The van der Waals surface area contributed by atoms with E-state index in [1.54, 1.807) is 0 Å². The number of hydrogen-bond donors (Lipinski definition) is 2. The van der Waals surface area contributed by atoms with Crippen molar-refractivity contribution in [2.24, 2.45) is 5.84 Å². The normalized spacial score (nSPS) is 18.9. The molecule has 0 radical (unpaired) electrons. The van der Waals surface area contributed by atoms with Crippen LogP contribution in [0.15, 0.2) is 24.3 Å². The first-order valence-electron chi connectivity index (χ1n) is 7.33. The Morgan fingerprint density at radius 1 is 1.42 bits per heavy atom. The lowest BCUT2D eigenvalue weighted by Crippen LogP contribution is -2.44. The fraction of sp³-hybridized carbons (Fsp3) is 0.625. The molecular weight excluding hydrogens is 236 g/mol. The molecule has 1 unspecified atom stereocenters. The highest BCUT2D eigenvalue weighted by molar-refractivity contribution is 5.26. The Hall–Kier alpha value is -0.900. The summed E-state index contributed by atoms with van der Waals surface area (Å²) in [6.45, 7) is 2.21. The molecule has 0 spiro atoms. The van der Waals surface area contributed by atoms with Gasteiger partial charge in [-0.05, 0) is 43.2 Å². The third-order valence-electron chi connectivity index (χ3n) is 4.37. The highest BCUT2D eigenvalue weighted by Gasteiger charge is 2.39. The minimum absolute atomic E-state index is 0.0395. The summed E-state index contributed by atoms with van der Waals surface area (Å²) in [4.78, 5) is 0. The Bertz CT molecular complexity index is 396. The summed E-state index contributed by atoms with van der Waals surface area (Å²) in [7, 11) is 1.82. The number of hydrogen-bond acceptors (Lipinski definition) is 3. The predicted molar refractivity (Wildman–Crippen MR) is 78.7 cm³/mol. The van der Waals surface area contributed by atoms with Crippen LogP contribution in [0.1, 0.15) is 56.2 Å². The average Bonchev–Trinajstić information content (AvgIpc) is 2.39. The number of aryl methyl sites for hydroxylation is 1. The zero-order valence-electron chi connectivity index (χ0n) is 12.1. The molecule has 1 aromatic rings. The molecule has 0 aliphatic heterocycles. The molecule has 2 rings (SSSR count). The first-order chi connectivity index (χ1) is 9.23. The lowest BCUT2D eigenvalue weighted by molar-refractivity contribution is -0.0838. The van der Waals surface area contributed by atoms with Crippen molar-refractivity contribution in [3.8, 4) is 0 Å². The number of methoxy groups -OCH3 is 1. The smallest absolute Gasteiger partial charge is 0.0697 e. The lowest BCUT2D eigenvalue weighted by atomic mass is 9.74. The minimum Gasteiger partial charge on any atom is -0.378 e. The highest BCUT2D eigenvalue weighted by Crippen LogP contribution is 2.41. The lowest BCUT2D eigenvalue weighted by Gasteiger charge is -2.42. The summed E-state index contributed by atoms with van der Waals surface area (Å²) in [5.41, 5.74) is 5.67. The Morgan fingerprint density at radius 3 is 2.74 bits per heavy atom. The van der Waals surface area contributed by atoms with Gasteiger partial charge in [0, 0.05) is 13.2 Å². The molecule has 19 heavy (non-hydrogen) atoms. The SMILES string of the molecule is CCCc1cccc(C(CC2(OC)CCC2)NN)c1. The fourth-order valence-corrected chi connectivity index (χ4v) is 2.96. The van der Waals surface area contributed by atoms with Crippen LogP contribution in [0, 0.1) is 0 Å². The van der Waals surface area contributed by atoms with Crippen molar-refractivity contribution in [1.82, 2.24) is 5.43 Å². The summed E-state index contributed by atoms with van der Waals surface area (Å²) >= 11 is 0. The summed E-state index contributed by atoms with van der Waals surface area (Å²) in [6.07, 6.45) is 6.82. The first kappa shape index (κ1) is 14.5. The van der Waals surface area contributed by atoms with Gasteiger partial charge in [0.1, 0.15) is 0 Å². The second kappa shape index (κ2) is 6.51. The molecule has 1 saturated carbocycles. The van der Waals surface area contributed by atoms with E-state index in [-0.39, 0.29) is 11.6 Å². The molecule has 0 amide bonds. The van der Waals surface area contributed by atoms with Crippen LogP contribution in [0.5, 0.6) is 0 Å². The molecule has 0 saturated heterocycles. The van der Waals surface area contributed by atoms with E-state index in [0.717, 1.165) is 25.7 Å². The highest BCUT2D eigenvalue weighted by atomic mass is 16.5. The van der Waals surface area contributed by atoms with Crippen LogP contribution in [-0.4, -0.2) is 12.7 Å². The number of nitrogens with two attached hydrogens (primary N) is 1. The number of rotatable bonds is 7. The quantitative estimate of drug-likeness (QED) is 0.586. The van der Waals surface area contributed by atoms with E-state index in [0.29, 0.717) is 0 Å². The van der Waals surface area contributed by atoms with E-state index in [9.17, 15) is 0 Å². The summed E-state index contributed by atoms with van der Waals surface area (Å²) in [6, 6.07) is 8.93. The van der Waals surface area contributed by atoms with Gasteiger partial charge in [0.25, 0.3) is 0 Å². The number of hydrazine groups is 1. The van der Waals surface area contributed by atoms with Gasteiger partial charge in [0.05, 0.1) is 5.60 Å². The first-order valence-corrected chi connectivity index (χ1v) is 7.33. The summed E-state index contributed by atoms with van der Waals surface area (Å²) in [5.74, 6) is 5.76. The molecule has 1 aromatic carbocycles. The minimum atomic E-state index is 0.0395. The van der Waals surface area contributed by atoms with Gasteiger partial charge in [-0.25, -0.2) is 0 Å². The third-order valence-corrected chi connectivity index (χ3v) is 4.37. The van der Waals surface area contributed by atoms with Crippen LogP contribution in [0.3, 0.4) is 0 Å². The Morgan fingerprint density at radius 2 is 2.21 bits per heavy atom. The van der Waals surface area contributed by atoms with Crippen LogP contribution in [0.4, 0.5) is 0 Å². The third kappa shape index (κ3) is 3.35. The molecule has 1 atom stereocenters. The Kier molecular flexibility index (Phi) is 4.97. The topological polar surface area (TPSA) is 47.3 Å². The number of benzene rings is 1. The molecule has 0 aromatic heterocycles. The zero-order valence-corrected chi connectivity index (χ0v) is 12.1. The molecule has 0 bridgehead atoms. The predicted octanol–water partition coefficient (Wildman–Crippen LogP) is 3.10. The molecule has 3 nitrogen and oxygen atoms in total. The molecule has 1 aliphatic rings.